The van der Waals surface area contributed by atoms with Crippen LogP contribution in [-0.4, -0.2) is 9.78 Å². The summed E-state index contributed by atoms with van der Waals surface area (Å²) in [6, 6.07) is 6.22. The van der Waals surface area contributed by atoms with Crippen LogP contribution < -0.4 is 5.73 Å². The van der Waals surface area contributed by atoms with Crippen LogP contribution >= 0.6 is 0 Å². The van der Waals surface area contributed by atoms with Gasteiger partial charge in [-0.05, 0) is 18.6 Å². The van der Waals surface area contributed by atoms with Gasteiger partial charge in [0.25, 0.3) is 0 Å². The highest BCUT2D eigenvalue weighted by atomic mass is 15.2. The van der Waals surface area contributed by atoms with Crippen LogP contribution in [0.25, 0.3) is 10.9 Å². The van der Waals surface area contributed by atoms with E-state index in [9.17, 15) is 0 Å². The molecule has 0 aliphatic heterocycles. The van der Waals surface area contributed by atoms with Gasteiger partial charge < -0.3 is 5.73 Å². The first kappa shape index (κ1) is 8.26. The molecule has 1 atom stereocenters. The number of aryl methyl sites for hydroxylation is 1. The molecule has 0 radical (unpaired) electrons. The van der Waals surface area contributed by atoms with Crippen LogP contribution in [0.5, 0.6) is 0 Å². The first-order chi connectivity index (χ1) is 6.16. The molecule has 0 amide bonds. The van der Waals surface area contributed by atoms with Gasteiger partial charge in [-0.1, -0.05) is 12.1 Å². The molecule has 1 heterocycles. The Labute approximate surface area is 77.2 Å². The number of nitrogens with zero attached hydrogens (tertiary/aromatic N) is 2. The van der Waals surface area contributed by atoms with Crippen LogP contribution in [0.15, 0.2) is 24.4 Å². The van der Waals surface area contributed by atoms with Crippen LogP contribution in [0.1, 0.15) is 18.5 Å². The topological polar surface area (TPSA) is 43.8 Å². The lowest BCUT2D eigenvalue weighted by Gasteiger charge is -2.03. The van der Waals surface area contributed by atoms with Crippen LogP contribution in [0.3, 0.4) is 0 Å². The molecule has 3 heteroatoms. The molecule has 0 spiro atoms. The summed E-state index contributed by atoms with van der Waals surface area (Å²) in [4.78, 5) is 0. The monoisotopic (exact) mass is 175 g/mol. The molecule has 2 rings (SSSR count). The zero-order valence-electron chi connectivity index (χ0n) is 7.86. The largest absolute Gasteiger partial charge is 0.324 e. The zero-order valence-corrected chi connectivity index (χ0v) is 7.86. The van der Waals surface area contributed by atoms with E-state index < -0.39 is 0 Å². The molecule has 13 heavy (non-hydrogen) atoms. The molecule has 0 fully saturated rings. The summed E-state index contributed by atoms with van der Waals surface area (Å²) < 4.78 is 1.82. The van der Waals surface area contributed by atoms with Gasteiger partial charge in [-0.2, -0.15) is 5.10 Å². The Bertz CT molecular complexity index is 429. The highest BCUT2D eigenvalue weighted by Gasteiger charge is 2.02. The van der Waals surface area contributed by atoms with E-state index in [2.05, 4.69) is 17.2 Å². The molecule has 2 N–H and O–H groups in total. The molecule has 0 aliphatic rings. The second-order valence-corrected chi connectivity index (χ2v) is 3.41. The van der Waals surface area contributed by atoms with E-state index in [1.807, 2.05) is 30.9 Å². The fourth-order valence-corrected chi connectivity index (χ4v) is 1.44. The number of benzene rings is 1. The molecule has 2 aromatic rings. The highest BCUT2D eigenvalue weighted by molar-refractivity contribution is 5.78. The van der Waals surface area contributed by atoms with Gasteiger partial charge >= 0.3 is 0 Å². The Kier molecular flexibility index (Phi) is 1.81. The number of nitrogens with two attached hydrogens (primary N) is 1. The van der Waals surface area contributed by atoms with Gasteiger partial charge in [-0.3, -0.25) is 4.68 Å². The first-order valence-corrected chi connectivity index (χ1v) is 4.36. The number of hydrogen-bond acceptors (Lipinski definition) is 2. The predicted octanol–water partition coefficient (Wildman–Crippen LogP) is 1.59. The van der Waals surface area contributed by atoms with Gasteiger partial charge in [0.05, 0.1) is 5.52 Å². The van der Waals surface area contributed by atoms with E-state index >= 15 is 0 Å². The number of fused-ring (bicyclic) bond motifs is 1. The lowest BCUT2D eigenvalue weighted by atomic mass is 10.1. The molecule has 0 unspecified atom stereocenters. The summed E-state index contributed by atoms with van der Waals surface area (Å²) in [5.74, 6) is 0. The summed E-state index contributed by atoms with van der Waals surface area (Å²) >= 11 is 0. The van der Waals surface area contributed by atoms with Crippen LogP contribution in [0.4, 0.5) is 0 Å². The van der Waals surface area contributed by atoms with E-state index in [1.165, 1.54) is 0 Å². The van der Waals surface area contributed by atoms with Crippen molar-refractivity contribution in [2.24, 2.45) is 12.8 Å². The van der Waals surface area contributed by atoms with Crippen molar-refractivity contribution in [3.05, 3.63) is 30.0 Å². The normalized spacial score (nSPS) is 13.5. The highest BCUT2D eigenvalue weighted by Crippen LogP contribution is 2.17. The fraction of sp³-hybridized carbons (Fsp3) is 0.300. The Hall–Kier alpha value is -1.35. The molecule has 1 aromatic heterocycles. The van der Waals surface area contributed by atoms with E-state index in [0.29, 0.717) is 0 Å². The van der Waals surface area contributed by atoms with E-state index in [1.54, 1.807) is 0 Å². The van der Waals surface area contributed by atoms with Gasteiger partial charge in [-0.25, -0.2) is 0 Å². The SMILES string of the molecule is C[C@@H](N)c1ccc2cn(C)nc2c1. The van der Waals surface area contributed by atoms with Crippen molar-refractivity contribution in [3.63, 3.8) is 0 Å². The summed E-state index contributed by atoms with van der Waals surface area (Å²) in [5.41, 5.74) is 7.92. The summed E-state index contributed by atoms with van der Waals surface area (Å²) in [6.45, 7) is 1.98. The molecule has 68 valence electrons. The maximum atomic E-state index is 5.78. The van der Waals surface area contributed by atoms with Gasteiger partial charge in [0, 0.05) is 24.7 Å². The third-order valence-corrected chi connectivity index (χ3v) is 2.17. The molecule has 1 aromatic carbocycles. The fourth-order valence-electron chi connectivity index (χ4n) is 1.44. The van der Waals surface area contributed by atoms with Gasteiger partial charge in [0.1, 0.15) is 0 Å². The van der Waals surface area contributed by atoms with Crippen molar-refractivity contribution in [2.45, 2.75) is 13.0 Å². The lowest BCUT2D eigenvalue weighted by Crippen LogP contribution is -2.04. The Morgan fingerprint density at radius 1 is 1.46 bits per heavy atom. The Morgan fingerprint density at radius 3 is 2.92 bits per heavy atom. The molecular formula is C10H13N3. The van der Waals surface area contributed by atoms with E-state index in [4.69, 9.17) is 5.73 Å². The van der Waals surface area contributed by atoms with Gasteiger partial charge in [-0.15, -0.1) is 0 Å². The summed E-state index contributed by atoms with van der Waals surface area (Å²) in [7, 11) is 1.92. The molecule has 3 nitrogen and oxygen atoms in total. The second kappa shape index (κ2) is 2.85. The van der Waals surface area contributed by atoms with Crippen molar-refractivity contribution in [2.75, 3.05) is 0 Å². The molecule has 0 saturated carbocycles. The molecule has 0 bridgehead atoms. The van der Waals surface area contributed by atoms with Gasteiger partial charge in [0.15, 0.2) is 0 Å². The van der Waals surface area contributed by atoms with Crippen LogP contribution in [-0.2, 0) is 7.05 Å². The maximum absolute atomic E-state index is 5.78. The summed E-state index contributed by atoms with van der Waals surface area (Å²) in [5, 5.41) is 5.48. The van der Waals surface area contributed by atoms with Gasteiger partial charge in [0.2, 0.25) is 0 Å². The predicted molar refractivity (Wildman–Crippen MR) is 53.3 cm³/mol. The van der Waals surface area contributed by atoms with Crippen molar-refractivity contribution in [1.29, 1.82) is 0 Å². The van der Waals surface area contributed by atoms with Crippen LogP contribution in [0.2, 0.25) is 0 Å². The number of rotatable bonds is 1. The average molecular weight is 175 g/mol. The van der Waals surface area contributed by atoms with Crippen molar-refractivity contribution in [1.82, 2.24) is 9.78 Å². The molecule has 0 saturated heterocycles. The van der Waals surface area contributed by atoms with Crippen molar-refractivity contribution in [3.8, 4) is 0 Å². The minimum absolute atomic E-state index is 0.0754. The summed E-state index contributed by atoms with van der Waals surface area (Å²) in [6.07, 6.45) is 2.00. The molecule has 0 aliphatic carbocycles. The Morgan fingerprint density at radius 2 is 2.23 bits per heavy atom. The Balaban J connectivity index is 2.61. The quantitative estimate of drug-likeness (QED) is 0.715. The minimum Gasteiger partial charge on any atom is -0.324 e. The first-order valence-electron chi connectivity index (χ1n) is 4.36. The smallest absolute Gasteiger partial charge is 0.0926 e. The van der Waals surface area contributed by atoms with E-state index in [0.717, 1.165) is 16.5 Å². The number of aromatic nitrogens is 2. The second-order valence-electron chi connectivity index (χ2n) is 3.41. The average Bonchev–Trinajstić information content (AvgIpc) is 2.42. The standard InChI is InChI=1S/C10H13N3/c1-7(11)8-3-4-9-6-13(2)12-10(9)5-8/h3-7H,11H2,1-2H3/t7-/m1/s1. The van der Waals surface area contributed by atoms with E-state index in [-0.39, 0.29) is 6.04 Å². The third-order valence-electron chi connectivity index (χ3n) is 2.17. The van der Waals surface area contributed by atoms with Crippen LogP contribution in [0, 0.1) is 0 Å². The molecular weight excluding hydrogens is 162 g/mol. The zero-order chi connectivity index (χ0) is 9.42. The van der Waals surface area contributed by atoms with Crippen molar-refractivity contribution < 1.29 is 0 Å². The van der Waals surface area contributed by atoms with Crippen molar-refractivity contribution >= 4 is 10.9 Å². The number of hydrogen-bond donors (Lipinski definition) is 1. The minimum atomic E-state index is 0.0754. The lowest BCUT2D eigenvalue weighted by molar-refractivity contribution is 0.778. The third kappa shape index (κ3) is 1.42. The maximum Gasteiger partial charge on any atom is 0.0926 e.